The van der Waals surface area contributed by atoms with E-state index < -0.39 is 23.4 Å². The summed E-state index contributed by atoms with van der Waals surface area (Å²) in [5, 5.41) is 5.84. The largest absolute Gasteiger partial charge is 0.464 e. The first-order chi connectivity index (χ1) is 22.3. The fraction of sp³-hybridized carbons (Fsp3) is 0.526. The van der Waals surface area contributed by atoms with Crippen LogP contribution in [0.1, 0.15) is 133 Å². The average molecular weight is 670 g/mol. The summed E-state index contributed by atoms with van der Waals surface area (Å²) in [4.78, 5) is 40.4. The first-order valence-electron chi connectivity index (χ1n) is 17.1. The van der Waals surface area contributed by atoms with Gasteiger partial charge in [-0.1, -0.05) is 144 Å². The van der Waals surface area contributed by atoms with E-state index >= 15 is 0 Å². The summed E-state index contributed by atoms with van der Waals surface area (Å²) in [6.07, 6.45) is 17.5. The number of ketones is 1. The maximum atomic E-state index is 14.0. The molecule has 0 amide bonds. The van der Waals surface area contributed by atoms with Gasteiger partial charge in [0, 0.05) is 21.2 Å². The Balaban J connectivity index is 1.78. The summed E-state index contributed by atoms with van der Waals surface area (Å²) in [6.45, 7) is 5.53. The van der Waals surface area contributed by atoms with Crippen molar-refractivity contribution in [2.75, 3.05) is 6.61 Å². The number of hydrogen-bond acceptors (Lipinski definition) is 5. The molecule has 3 rings (SSSR count). The molecule has 1 aromatic heterocycles. The Hall–Kier alpha value is -2.96. The summed E-state index contributed by atoms with van der Waals surface area (Å²) >= 11 is 12.3. The molecule has 0 radical (unpaired) electrons. The first kappa shape index (κ1) is 37.5. The fourth-order valence-corrected chi connectivity index (χ4v) is 6.15. The summed E-state index contributed by atoms with van der Waals surface area (Å²) in [7, 11) is 0. The van der Waals surface area contributed by atoms with E-state index in [0.717, 1.165) is 25.7 Å². The lowest BCUT2D eigenvalue weighted by atomic mass is 9.93. The number of unbranched alkanes of at least 4 members (excludes halogenated alkanes) is 13. The summed E-state index contributed by atoms with van der Waals surface area (Å²) in [6, 6.07) is 13.0. The van der Waals surface area contributed by atoms with Gasteiger partial charge in [-0.05, 0) is 50.1 Å². The Kier molecular flexibility index (Phi) is 16.6. The number of carbonyl (C=O) groups is 2. The molecule has 0 aliphatic rings. The van der Waals surface area contributed by atoms with Gasteiger partial charge in [-0.3, -0.25) is 9.59 Å². The molecule has 6 nitrogen and oxygen atoms in total. The van der Waals surface area contributed by atoms with Crippen molar-refractivity contribution in [3.8, 4) is 22.4 Å². The van der Waals surface area contributed by atoms with Crippen molar-refractivity contribution in [1.29, 1.82) is 0 Å². The molecule has 0 fully saturated rings. The third kappa shape index (κ3) is 11.4. The second-order valence-corrected chi connectivity index (χ2v) is 12.9. The molecule has 1 unspecified atom stereocenters. The lowest BCUT2D eigenvalue weighted by molar-refractivity contribution is -0.147. The number of Topliss-reactive ketones (excluding diaryl/α,β-unsaturated/α-hetero) is 1. The number of halogens is 2. The number of rotatable bonds is 21. The number of aromatic nitrogens is 2. The van der Waals surface area contributed by atoms with E-state index in [1.165, 1.54) is 75.8 Å². The van der Waals surface area contributed by atoms with Crippen molar-refractivity contribution in [3.05, 3.63) is 74.5 Å². The van der Waals surface area contributed by atoms with Crippen molar-refractivity contribution in [1.82, 2.24) is 9.78 Å². The van der Waals surface area contributed by atoms with Gasteiger partial charge in [0.15, 0.2) is 11.8 Å². The highest BCUT2D eigenvalue weighted by molar-refractivity contribution is 6.31. The van der Waals surface area contributed by atoms with Crippen LogP contribution in [0, 0.1) is 0 Å². The Morgan fingerprint density at radius 3 is 1.63 bits per heavy atom. The lowest BCUT2D eigenvalue weighted by Gasteiger charge is -2.21. The van der Waals surface area contributed by atoms with E-state index in [1.54, 1.807) is 55.5 Å². The zero-order valence-corrected chi connectivity index (χ0v) is 29.3. The minimum Gasteiger partial charge on any atom is -0.464 e. The van der Waals surface area contributed by atoms with E-state index in [9.17, 15) is 14.4 Å². The second-order valence-electron chi connectivity index (χ2n) is 12.1. The van der Waals surface area contributed by atoms with Gasteiger partial charge < -0.3 is 4.74 Å². The maximum absolute atomic E-state index is 14.0. The minimum absolute atomic E-state index is 0.0301. The summed E-state index contributed by atoms with van der Waals surface area (Å²) < 4.78 is 6.58. The molecule has 8 heteroatoms. The Morgan fingerprint density at radius 1 is 0.717 bits per heavy atom. The molecule has 46 heavy (non-hydrogen) atoms. The highest BCUT2D eigenvalue weighted by atomic mass is 35.5. The molecule has 2 aromatic carbocycles. The van der Waals surface area contributed by atoms with E-state index in [2.05, 4.69) is 6.92 Å². The van der Waals surface area contributed by atoms with Gasteiger partial charge in [0.25, 0.3) is 5.56 Å². The first-order valence-corrected chi connectivity index (χ1v) is 17.9. The van der Waals surface area contributed by atoms with Crippen LogP contribution in [0.4, 0.5) is 0 Å². The molecule has 250 valence electrons. The van der Waals surface area contributed by atoms with Crippen molar-refractivity contribution in [2.45, 2.75) is 123 Å². The molecular weight excluding hydrogens is 619 g/mol. The number of carbonyl (C=O) groups excluding carboxylic acids is 2. The van der Waals surface area contributed by atoms with Gasteiger partial charge in [0.1, 0.15) is 0 Å². The number of nitrogens with zero attached hydrogens (tertiary/aromatic N) is 2. The van der Waals surface area contributed by atoms with Gasteiger partial charge in [-0.2, -0.15) is 5.10 Å². The second kappa shape index (κ2) is 20.3. The molecule has 0 saturated carbocycles. The Bertz CT molecular complexity index is 1430. The van der Waals surface area contributed by atoms with Crippen LogP contribution in [-0.4, -0.2) is 28.1 Å². The molecule has 0 aliphatic heterocycles. The zero-order chi connectivity index (χ0) is 33.3. The van der Waals surface area contributed by atoms with Crippen molar-refractivity contribution in [3.63, 3.8) is 0 Å². The lowest BCUT2D eigenvalue weighted by Crippen LogP contribution is -2.37. The third-order valence-electron chi connectivity index (χ3n) is 8.40. The Labute approximate surface area is 284 Å². The van der Waals surface area contributed by atoms with Gasteiger partial charge in [-0.15, -0.1) is 0 Å². The van der Waals surface area contributed by atoms with Crippen LogP contribution < -0.4 is 5.56 Å². The quantitative estimate of drug-likeness (QED) is 0.0641. The SMILES string of the molecule is CCCCCCCCCCCCCCCCC(C(=O)OCC)n1nc(-c2ccc(Cl)cc2)c(-c2ccc(Cl)cc2)c(C(C)=O)c1=O. The molecule has 0 saturated heterocycles. The van der Waals surface area contributed by atoms with Crippen LogP contribution in [0.5, 0.6) is 0 Å². The minimum atomic E-state index is -0.951. The number of hydrogen-bond donors (Lipinski definition) is 0. The van der Waals surface area contributed by atoms with Crippen molar-refractivity contribution >= 4 is 35.0 Å². The standard InChI is InChI=1S/C38H50Cl2N2O4/c1-4-6-7-8-9-10-11-12-13-14-15-16-17-18-19-33(38(45)46-5-2)42-37(44)34(28(3)43)35(29-20-24-31(39)25-21-29)36(41-42)30-22-26-32(40)27-23-30/h20-27,33H,4-19H2,1-3H3. The van der Waals surface area contributed by atoms with E-state index in [1.807, 2.05) is 0 Å². The van der Waals surface area contributed by atoms with Gasteiger partial charge in [-0.25, -0.2) is 9.48 Å². The zero-order valence-electron chi connectivity index (χ0n) is 27.8. The summed E-state index contributed by atoms with van der Waals surface area (Å²) in [5.41, 5.74) is 1.43. The normalized spacial score (nSPS) is 11.8. The smallest absolute Gasteiger partial charge is 0.331 e. The highest BCUT2D eigenvalue weighted by Crippen LogP contribution is 2.34. The molecular formula is C38H50Cl2N2O4. The van der Waals surface area contributed by atoms with E-state index in [4.69, 9.17) is 33.0 Å². The van der Waals surface area contributed by atoms with Gasteiger partial charge in [0.2, 0.25) is 0 Å². The predicted molar refractivity (Wildman–Crippen MR) is 190 cm³/mol. The predicted octanol–water partition coefficient (Wildman–Crippen LogP) is 11.1. The van der Waals surface area contributed by atoms with Crippen molar-refractivity contribution < 1.29 is 14.3 Å². The molecule has 1 atom stereocenters. The summed E-state index contributed by atoms with van der Waals surface area (Å²) in [5.74, 6) is -0.942. The number of benzene rings is 2. The van der Waals surface area contributed by atoms with Crippen LogP contribution in [0.3, 0.4) is 0 Å². The molecule has 0 bridgehead atoms. The van der Waals surface area contributed by atoms with Gasteiger partial charge in [0.05, 0.1) is 17.9 Å². The number of esters is 1. The van der Waals surface area contributed by atoms with E-state index in [0.29, 0.717) is 38.9 Å². The third-order valence-corrected chi connectivity index (χ3v) is 8.91. The van der Waals surface area contributed by atoms with Crippen molar-refractivity contribution in [2.24, 2.45) is 0 Å². The highest BCUT2D eigenvalue weighted by Gasteiger charge is 2.30. The Morgan fingerprint density at radius 2 is 1.17 bits per heavy atom. The van der Waals surface area contributed by atoms with Crippen LogP contribution in [0.15, 0.2) is 53.3 Å². The van der Waals surface area contributed by atoms with Crippen LogP contribution >= 0.6 is 23.2 Å². The van der Waals surface area contributed by atoms with E-state index in [-0.39, 0.29) is 12.2 Å². The van der Waals surface area contributed by atoms with Crippen LogP contribution in [-0.2, 0) is 9.53 Å². The average Bonchev–Trinajstić information content (AvgIpc) is 3.04. The molecule has 0 N–H and O–H groups in total. The monoisotopic (exact) mass is 668 g/mol. The maximum Gasteiger partial charge on any atom is 0.331 e. The molecule has 1 heterocycles. The molecule has 0 aliphatic carbocycles. The van der Waals surface area contributed by atoms with Crippen LogP contribution in [0.25, 0.3) is 22.4 Å². The molecule has 3 aromatic rings. The number of ether oxygens (including phenoxy) is 1. The van der Waals surface area contributed by atoms with Gasteiger partial charge >= 0.3 is 5.97 Å². The van der Waals surface area contributed by atoms with Crippen LogP contribution in [0.2, 0.25) is 10.0 Å². The fourth-order valence-electron chi connectivity index (χ4n) is 5.90. The topological polar surface area (TPSA) is 78.3 Å². The molecule has 0 spiro atoms.